The highest BCUT2D eigenvalue weighted by molar-refractivity contribution is 9.10. The van der Waals surface area contributed by atoms with Crippen molar-refractivity contribution in [3.63, 3.8) is 0 Å². The third-order valence-corrected chi connectivity index (χ3v) is 4.63. The van der Waals surface area contributed by atoms with Gasteiger partial charge in [-0.15, -0.1) is 11.3 Å². The van der Waals surface area contributed by atoms with Crippen molar-refractivity contribution in [1.29, 1.82) is 0 Å². The molecule has 0 amide bonds. The van der Waals surface area contributed by atoms with Crippen molar-refractivity contribution in [2.45, 2.75) is 19.4 Å². The van der Waals surface area contributed by atoms with Gasteiger partial charge < -0.3 is 4.57 Å². The molecule has 1 aliphatic carbocycles. The number of rotatable bonds is 4. The molecule has 0 spiro atoms. The van der Waals surface area contributed by atoms with Gasteiger partial charge in [0.1, 0.15) is 0 Å². The van der Waals surface area contributed by atoms with Gasteiger partial charge in [-0.2, -0.15) is 0 Å². The fourth-order valence-corrected chi connectivity index (χ4v) is 3.34. The molecule has 1 fully saturated rings. The van der Waals surface area contributed by atoms with E-state index in [9.17, 15) is 4.79 Å². The van der Waals surface area contributed by atoms with Crippen molar-refractivity contribution in [2.75, 3.05) is 0 Å². The van der Waals surface area contributed by atoms with Gasteiger partial charge in [-0.25, -0.2) is 0 Å². The minimum Gasteiger partial charge on any atom is -0.348 e. The lowest BCUT2D eigenvalue weighted by molar-refractivity contribution is 0.0967. The van der Waals surface area contributed by atoms with Crippen molar-refractivity contribution >= 4 is 33.0 Å². The second-order valence-corrected chi connectivity index (χ2v) is 6.35. The van der Waals surface area contributed by atoms with E-state index in [1.54, 1.807) is 11.3 Å². The monoisotopic (exact) mass is 309 g/mol. The number of halogens is 1. The van der Waals surface area contributed by atoms with Gasteiger partial charge >= 0.3 is 0 Å². The number of Topliss-reactive ketones (excluding diaryl/α,β-unsaturated/α-hetero) is 1. The summed E-state index contributed by atoms with van der Waals surface area (Å²) in [5.41, 5.74) is 0.864. The third-order valence-electron chi connectivity index (χ3n) is 2.94. The molecule has 2 heterocycles. The quantitative estimate of drug-likeness (QED) is 0.784. The lowest BCUT2D eigenvalue weighted by atomic mass is 10.1. The fourth-order valence-electron chi connectivity index (χ4n) is 1.88. The first-order chi connectivity index (χ1) is 8.22. The smallest absolute Gasteiger partial charge is 0.167 e. The lowest BCUT2D eigenvalue weighted by Gasteiger charge is -1.99. The minimum atomic E-state index is 0.307. The van der Waals surface area contributed by atoms with Crippen LogP contribution in [0.4, 0.5) is 0 Å². The van der Waals surface area contributed by atoms with Gasteiger partial charge in [0.15, 0.2) is 5.78 Å². The van der Waals surface area contributed by atoms with E-state index >= 15 is 0 Å². The predicted octanol–water partition coefficient (Wildman–Crippen LogP) is 3.95. The molecule has 3 rings (SSSR count). The first kappa shape index (κ1) is 11.2. The number of hydrogen-bond acceptors (Lipinski definition) is 2. The van der Waals surface area contributed by atoms with Crippen LogP contribution in [-0.4, -0.2) is 10.4 Å². The molecule has 0 atom stereocenters. The van der Waals surface area contributed by atoms with Gasteiger partial charge in [-0.3, -0.25) is 4.79 Å². The van der Waals surface area contributed by atoms with E-state index in [4.69, 9.17) is 0 Å². The third kappa shape index (κ3) is 2.53. The molecule has 0 radical (unpaired) electrons. The largest absolute Gasteiger partial charge is 0.348 e. The lowest BCUT2D eigenvalue weighted by Crippen LogP contribution is -2.00. The maximum atomic E-state index is 11.9. The summed E-state index contributed by atoms with van der Waals surface area (Å²) in [5.74, 6) is 0.623. The van der Waals surface area contributed by atoms with E-state index in [0.717, 1.165) is 29.4 Å². The average Bonchev–Trinajstić information content (AvgIpc) is 2.93. The number of aromatic nitrogens is 1. The molecule has 88 valence electrons. The van der Waals surface area contributed by atoms with Crippen LogP contribution >= 0.6 is 27.3 Å². The van der Waals surface area contributed by atoms with Crippen LogP contribution in [0.15, 0.2) is 34.4 Å². The summed E-state index contributed by atoms with van der Waals surface area (Å²) in [7, 11) is 0. The second-order valence-electron chi connectivity index (χ2n) is 4.44. The molecule has 0 unspecified atom stereocenters. The van der Waals surface area contributed by atoms with Crippen LogP contribution < -0.4 is 0 Å². The maximum Gasteiger partial charge on any atom is 0.167 e. The molecule has 0 saturated heterocycles. The molecule has 0 bridgehead atoms. The topological polar surface area (TPSA) is 22.0 Å². The Morgan fingerprint density at radius 1 is 1.53 bits per heavy atom. The van der Waals surface area contributed by atoms with Crippen LogP contribution in [0.25, 0.3) is 0 Å². The molecular formula is C13H12BrNOS. The van der Waals surface area contributed by atoms with E-state index in [2.05, 4.69) is 31.9 Å². The molecule has 2 nitrogen and oxygen atoms in total. The molecule has 0 aliphatic heterocycles. The predicted molar refractivity (Wildman–Crippen MR) is 72.6 cm³/mol. The highest BCUT2D eigenvalue weighted by atomic mass is 79.9. The minimum absolute atomic E-state index is 0.307. The van der Waals surface area contributed by atoms with Crippen LogP contribution in [-0.2, 0) is 6.54 Å². The van der Waals surface area contributed by atoms with Crippen LogP contribution in [0.3, 0.4) is 0 Å². The summed E-state index contributed by atoms with van der Waals surface area (Å²) in [4.78, 5) is 13.1. The summed E-state index contributed by atoms with van der Waals surface area (Å²) in [5, 5.41) is 2.08. The molecular weight excluding hydrogens is 298 g/mol. The summed E-state index contributed by atoms with van der Waals surface area (Å²) in [6, 6.07) is 4.05. The normalized spacial score (nSPS) is 15.1. The second kappa shape index (κ2) is 4.42. The van der Waals surface area contributed by atoms with Gasteiger partial charge in [0.2, 0.25) is 0 Å². The average molecular weight is 310 g/mol. The zero-order valence-electron chi connectivity index (χ0n) is 9.23. The zero-order valence-corrected chi connectivity index (χ0v) is 11.6. The molecule has 2 aromatic heterocycles. The number of nitrogens with zero attached hydrogens (tertiary/aromatic N) is 1. The number of carbonyl (C=O) groups is 1. The van der Waals surface area contributed by atoms with Gasteiger partial charge in [0, 0.05) is 38.6 Å². The van der Waals surface area contributed by atoms with Gasteiger partial charge in [-0.1, -0.05) is 0 Å². The van der Waals surface area contributed by atoms with Crippen LogP contribution in [0.2, 0.25) is 0 Å². The molecule has 4 heteroatoms. The van der Waals surface area contributed by atoms with Crippen LogP contribution in [0, 0.1) is 5.92 Å². The Hall–Kier alpha value is -0.870. The van der Waals surface area contributed by atoms with E-state index in [0.29, 0.717) is 11.7 Å². The summed E-state index contributed by atoms with van der Waals surface area (Å²) >= 11 is 5.18. The molecule has 2 aromatic rings. The molecule has 0 N–H and O–H groups in total. The molecule has 1 saturated carbocycles. The zero-order chi connectivity index (χ0) is 11.8. The molecule has 0 aromatic carbocycles. The number of hydrogen-bond donors (Lipinski definition) is 0. The van der Waals surface area contributed by atoms with Crippen LogP contribution in [0.5, 0.6) is 0 Å². The highest BCUT2D eigenvalue weighted by Gasteiger charge is 2.30. The Morgan fingerprint density at radius 2 is 2.35 bits per heavy atom. The number of ketones is 1. The number of carbonyl (C=O) groups excluding carboxylic acids is 1. The Morgan fingerprint density at radius 3 is 3.00 bits per heavy atom. The Balaban J connectivity index is 1.73. The van der Waals surface area contributed by atoms with Crippen molar-refractivity contribution < 1.29 is 4.79 Å². The number of thiophene rings is 1. The van der Waals surface area contributed by atoms with Crippen molar-refractivity contribution in [2.24, 2.45) is 5.92 Å². The Bertz CT molecular complexity index is 553. The van der Waals surface area contributed by atoms with Crippen LogP contribution in [0.1, 0.15) is 28.1 Å². The maximum absolute atomic E-state index is 11.9. The van der Waals surface area contributed by atoms with Gasteiger partial charge in [0.05, 0.1) is 6.54 Å². The van der Waals surface area contributed by atoms with Gasteiger partial charge in [-0.05, 0) is 40.9 Å². The summed E-state index contributed by atoms with van der Waals surface area (Å²) in [6.07, 6.45) is 6.10. The van der Waals surface area contributed by atoms with E-state index in [1.165, 1.54) is 4.88 Å². The first-order valence-electron chi connectivity index (χ1n) is 5.65. The first-order valence-corrected chi connectivity index (χ1v) is 7.32. The van der Waals surface area contributed by atoms with Crippen molar-refractivity contribution in [1.82, 2.24) is 4.57 Å². The highest BCUT2D eigenvalue weighted by Crippen LogP contribution is 2.32. The molecule has 1 aliphatic rings. The fraction of sp³-hybridized carbons (Fsp3) is 0.308. The summed E-state index contributed by atoms with van der Waals surface area (Å²) in [6.45, 7) is 0.841. The van der Waals surface area contributed by atoms with E-state index in [-0.39, 0.29) is 0 Å². The van der Waals surface area contributed by atoms with E-state index < -0.39 is 0 Å². The summed E-state index contributed by atoms with van der Waals surface area (Å²) < 4.78 is 3.20. The van der Waals surface area contributed by atoms with Crippen molar-refractivity contribution in [3.05, 3.63) is 44.8 Å². The molecule has 17 heavy (non-hydrogen) atoms. The Labute approximate surface area is 112 Å². The van der Waals surface area contributed by atoms with Gasteiger partial charge in [0.25, 0.3) is 0 Å². The van der Waals surface area contributed by atoms with Crippen molar-refractivity contribution in [3.8, 4) is 0 Å². The standard InChI is InChI=1S/C13H12BrNOS/c14-11-5-12(17-8-11)7-15-4-3-10(6-15)13(16)9-1-2-9/h3-6,8-9H,1-2,7H2. The van der Waals surface area contributed by atoms with E-state index in [1.807, 2.05) is 18.5 Å². The Kier molecular flexibility index (Phi) is 2.92. The SMILES string of the molecule is O=C(c1ccn(Cc2cc(Br)cs2)c1)C1CC1.